The Morgan fingerprint density at radius 3 is 2.31 bits per heavy atom. The molecule has 0 spiro atoms. The molecule has 2 nitrogen and oxygen atoms in total. The molecule has 1 aromatic carbocycles. The first-order valence-electron chi connectivity index (χ1n) is 5.83. The van der Waals surface area contributed by atoms with Gasteiger partial charge >= 0.3 is 0 Å². The van der Waals surface area contributed by atoms with Crippen LogP contribution in [0.3, 0.4) is 0 Å². The number of rotatable bonds is 5. The van der Waals surface area contributed by atoms with Crippen LogP contribution in [0.1, 0.15) is 32.3 Å². The second-order valence-electron chi connectivity index (χ2n) is 4.53. The zero-order valence-electron chi connectivity index (χ0n) is 10.3. The van der Waals surface area contributed by atoms with Gasteiger partial charge in [-0.1, -0.05) is 44.2 Å². The molecule has 2 heteroatoms. The van der Waals surface area contributed by atoms with E-state index in [1.54, 1.807) is 0 Å². The third kappa shape index (κ3) is 3.67. The van der Waals surface area contributed by atoms with Crippen LogP contribution >= 0.6 is 0 Å². The Balaban J connectivity index is 2.55. The van der Waals surface area contributed by atoms with Crippen molar-refractivity contribution in [1.82, 2.24) is 5.32 Å². The fourth-order valence-corrected chi connectivity index (χ4v) is 1.46. The molecule has 0 aliphatic carbocycles. The van der Waals surface area contributed by atoms with Crippen molar-refractivity contribution in [1.29, 1.82) is 5.26 Å². The molecule has 86 valence electrons. The van der Waals surface area contributed by atoms with Crippen LogP contribution in [0.25, 0.3) is 0 Å². The Labute approximate surface area is 98.3 Å². The van der Waals surface area contributed by atoms with Crippen molar-refractivity contribution in [3.05, 3.63) is 35.9 Å². The van der Waals surface area contributed by atoms with E-state index in [-0.39, 0.29) is 5.92 Å². The van der Waals surface area contributed by atoms with Gasteiger partial charge in [0.1, 0.15) is 0 Å². The second-order valence-corrected chi connectivity index (χ2v) is 4.53. The summed E-state index contributed by atoms with van der Waals surface area (Å²) in [6.45, 7) is 7.24. The molecule has 0 aromatic heterocycles. The lowest BCUT2D eigenvalue weighted by Gasteiger charge is -2.19. The summed E-state index contributed by atoms with van der Waals surface area (Å²) >= 11 is 0. The Bertz CT molecular complexity index is 338. The predicted octanol–water partition coefficient (Wildman–Crippen LogP) is 2.93. The molecule has 2 unspecified atom stereocenters. The maximum Gasteiger partial charge on any atom is 0.0837 e. The lowest BCUT2D eigenvalue weighted by Crippen LogP contribution is -2.33. The van der Waals surface area contributed by atoms with Crippen LogP contribution in [0.15, 0.2) is 30.3 Å². The normalized spacial score (nSPS) is 14.4. The van der Waals surface area contributed by atoms with Crippen molar-refractivity contribution in [2.45, 2.75) is 32.7 Å². The highest BCUT2D eigenvalue weighted by Crippen LogP contribution is 2.14. The Morgan fingerprint density at radius 2 is 1.81 bits per heavy atom. The molecule has 0 radical (unpaired) electrons. The summed E-state index contributed by atoms with van der Waals surface area (Å²) in [5.41, 5.74) is 1.09. The molecule has 0 heterocycles. The smallest absolute Gasteiger partial charge is 0.0837 e. The van der Waals surface area contributed by atoms with E-state index < -0.39 is 0 Å². The predicted molar refractivity (Wildman–Crippen MR) is 67.1 cm³/mol. The van der Waals surface area contributed by atoms with E-state index in [9.17, 15) is 0 Å². The van der Waals surface area contributed by atoms with E-state index in [0.717, 1.165) is 12.1 Å². The first-order valence-corrected chi connectivity index (χ1v) is 5.83. The Kier molecular flexibility index (Phi) is 5.01. The second kappa shape index (κ2) is 6.30. The fraction of sp³-hybridized carbons (Fsp3) is 0.500. The van der Waals surface area contributed by atoms with E-state index in [2.05, 4.69) is 32.2 Å². The maximum atomic E-state index is 9.14. The zero-order chi connectivity index (χ0) is 12.0. The molecule has 0 saturated heterocycles. The maximum absolute atomic E-state index is 9.14. The van der Waals surface area contributed by atoms with E-state index in [0.29, 0.717) is 12.0 Å². The molecular weight excluding hydrogens is 196 g/mol. The highest BCUT2D eigenvalue weighted by Gasteiger charge is 2.12. The molecule has 16 heavy (non-hydrogen) atoms. The van der Waals surface area contributed by atoms with Gasteiger partial charge in [0.25, 0.3) is 0 Å². The number of benzene rings is 1. The Hall–Kier alpha value is -1.33. The SMILES string of the molecule is CC(C)C(C)NCC(C#N)c1ccccc1. The highest BCUT2D eigenvalue weighted by molar-refractivity contribution is 5.25. The minimum absolute atomic E-state index is 0.0533. The van der Waals surface area contributed by atoms with Gasteiger partial charge in [-0.2, -0.15) is 5.26 Å². The van der Waals surface area contributed by atoms with Gasteiger partial charge in [-0.05, 0) is 18.4 Å². The number of hydrogen-bond donors (Lipinski definition) is 1. The molecule has 0 fully saturated rings. The molecule has 2 atom stereocenters. The molecule has 0 saturated carbocycles. The van der Waals surface area contributed by atoms with Crippen LogP contribution in [0, 0.1) is 17.2 Å². The van der Waals surface area contributed by atoms with Crippen LogP contribution in [0.2, 0.25) is 0 Å². The van der Waals surface area contributed by atoms with Gasteiger partial charge in [-0.25, -0.2) is 0 Å². The number of nitriles is 1. The Morgan fingerprint density at radius 1 is 1.19 bits per heavy atom. The minimum Gasteiger partial charge on any atom is -0.312 e. The summed E-state index contributed by atoms with van der Waals surface area (Å²) in [6, 6.07) is 12.7. The number of nitrogens with one attached hydrogen (secondary N) is 1. The molecular formula is C14H20N2. The average Bonchev–Trinajstić information content (AvgIpc) is 2.30. The van der Waals surface area contributed by atoms with Crippen molar-refractivity contribution in [2.75, 3.05) is 6.54 Å². The third-order valence-electron chi connectivity index (χ3n) is 3.00. The van der Waals surface area contributed by atoms with Gasteiger partial charge in [0.05, 0.1) is 12.0 Å². The third-order valence-corrected chi connectivity index (χ3v) is 3.00. The van der Waals surface area contributed by atoms with Gasteiger partial charge in [0.2, 0.25) is 0 Å². The van der Waals surface area contributed by atoms with E-state index in [1.165, 1.54) is 0 Å². The lowest BCUT2D eigenvalue weighted by molar-refractivity contribution is 0.424. The first-order chi connectivity index (χ1) is 7.65. The van der Waals surface area contributed by atoms with Crippen LogP contribution in [-0.4, -0.2) is 12.6 Å². The first kappa shape index (κ1) is 12.7. The quantitative estimate of drug-likeness (QED) is 0.821. The molecule has 0 aliphatic heterocycles. The van der Waals surface area contributed by atoms with E-state index >= 15 is 0 Å². The largest absolute Gasteiger partial charge is 0.312 e. The summed E-state index contributed by atoms with van der Waals surface area (Å²) in [6.07, 6.45) is 0. The standard InChI is InChI=1S/C14H20N2/c1-11(2)12(3)16-10-14(9-15)13-7-5-4-6-8-13/h4-8,11-12,14,16H,10H2,1-3H3. The van der Waals surface area contributed by atoms with Gasteiger partial charge in [0.15, 0.2) is 0 Å². The summed E-state index contributed by atoms with van der Waals surface area (Å²) in [5, 5.41) is 12.6. The van der Waals surface area contributed by atoms with Crippen molar-refractivity contribution in [2.24, 2.45) is 5.92 Å². The van der Waals surface area contributed by atoms with Gasteiger partial charge < -0.3 is 5.32 Å². The summed E-state index contributed by atoms with van der Waals surface area (Å²) < 4.78 is 0. The van der Waals surface area contributed by atoms with Gasteiger partial charge in [-0.3, -0.25) is 0 Å². The number of nitrogens with zero attached hydrogens (tertiary/aromatic N) is 1. The van der Waals surface area contributed by atoms with Crippen LogP contribution < -0.4 is 5.32 Å². The molecule has 1 aromatic rings. The summed E-state index contributed by atoms with van der Waals surface area (Å²) in [4.78, 5) is 0. The van der Waals surface area contributed by atoms with E-state index in [1.807, 2.05) is 30.3 Å². The topological polar surface area (TPSA) is 35.8 Å². The highest BCUT2D eigenvalue weighted by atomic mass is 14.9. The van der Waals surface area contributed by atoms with E-state index in [4.69, 9.17) is 5.26 Å². The van der Waals surface area contributed by atoms with Gasteiger partial charge in [0, 0.05) is 12.6 Å². The summed E-state index contributed by atoms with van der Waals surface area (Å²) in [7, 11) is 0. The zero-order valence-corrected chi connectivity index (χ0v) is 10.3. The molecule has 1 N–H and O–H groups in total. The molecule has 0 aliphatic rings. The number of hydrogen-bond acceptors (Lipinski definition) is 2. The van der Waals surface area contributed by atoms with Crippen molar-refractivity contribution in [3.8, 4) is 6.07 Å². The monoisotopic (exact) mass is 216 g/mol. The molecule has 0 bridgehead atoms. The molecule has 1 rings (SSSR count). The lowest BCUT2D eigenvalue weighted by atomic mass is 9.99. The van der Waals surface area contributed by atoms with Crippen LogP contribution in [-0.2, 0) is 0 Å². The summed E-state index contributed by atoms with van der Waals surface area (Å²) in [5.74, 6) is 0.539. The van der Waals surface area contributed by atoms with Crippen LogP contribution in [0.5, 0.6) is 0 Å². The minimum atomic E-state index is -0.0533. The average molecular weight is 216 g/mol. The van der Waals surface area contributed by atoms with Crippen LogP contribution in [0.4, 0.5) is 0 Å². The van der Waals surface area contributed by atoms with Crippen molar-refractivity contribution >= 4 is 0 Å². The molecule has 0 amide bonds. The van der Waals surface area contributed by atoms with Crippen molar-refractivity contribution < 1.29 is 0 Å². The van der Waals surface area contributed by atoms with Gasteiger partial charge in [-0.15, -0.1) is 0 Å². The van der Waals surface area contributed by atoms with Crippen molar-refractivity contribution in [3.63, 3.8) is 0 Å². The fourth-order valence-electron chi connectivity index (χ4n) is 1.46.